The average molecular weight is 373 g/mol. The molecule has 0 spiro atoms. The molecule has 0 bridgehead atoms. The number of thioether (sulfide) groups is 1. The molecule has 0 saturated heterocycles. The van der Waals surface area contributed by atoms with E-state index in [9.17, 15) is 0 Å². The molecule has 0 aliphatic rings. The summed E-state index contributed by atoms with van der Waals surface area (Å²) in [5.41, 5.74) is 2.41. The lowest BCUT2D eigenvalue weighted by molar-refractivity contribution is 0.391. The van der Waals surface area contributed by atoms with Gasteiger partial charge in [-0.25, -0.2) is 9.97 Å². The van der Waals surface area contributed by atoms with Crippen LogP contribution in [0.2, 0.25) is 0 Å². The summed E-state index contributed by atoms with van der Waals surface area (Å²) >= 11 is 3.53. The Balaban J connectivity index is 2.11. The summed E-state index contributed by atoms with van der Waals surface area (Å²) in [5, 5.41) is 6.94. The zero-order chi connectivity index (χ0) is 17.8. The van der Waals surface area contributed by atoms with Crippen molar-refractivity contribution in [1.82, 2.24) is 14.9 Å². The molecule has 4 nitrogen and oxygen atoms in total. The number of aromatic nitrogens is 2. The number of hydrogen-bond acceptors (Lipinski definition) is 6. The second kappa shape index (κ2) is 8.17. The van der Waals surface area contributed by atoms with Crippen LogP contribution < -0.4 is 5.32 Å². The van der Waals surface area contributed by atoms with Gasteiger partial charge in [0.15, 0.2) is 0 Å². The Morgan fingerprint density at radius 3 is 2.64 bits per heavy atom. The lowest BCUT2D eigenvalue weighted by atomic mass is 10.1. The largest absolute Gasteiger partial charge is 0.366 e. The van der Waals surface area contributed by atoms with Gasteiger partial charge in [0.05, 0.1) is 11.9 Å². The molecule has 2 aromatic heterocycles. The number of hydrogen-bond donors (Lipinski definition) is 1. The minimum Gasteiger partial charge on any atom is -0.366 e. The first kappa shape index (κ1) is 18.2. The lowest BCUT2D eigenvalue weighted by Crippen LogP contribution is -2.20. The summed E-state index contributed by atoms with van der Waals surface area (Å²) in [6.45, 7) is 2.94. The number of thiophene rings is 1. The third-order valence-corrected chi connectivity index (χ3v) is 5.53. The average Bonchev–Trinajstić information content (AvgIpc) is 2.99. The standard InChI is InChI=1S/C19H24N4S2/c1-13(11-24-4)20-18-17-15(14-8-6-5-7-9-14)12-25-19(17)22-16(21-18)10-23(2)3/h5-9,12-13H,10-11H2,1-4H3,(H,20,21,22). The van der Waals surface area contributed by atoms with Crippen molar-refractivity contribution in [1.29, 1.82) is 0 Å². The molecule has 0 aliphatic heterocycles. The highest BCUT2D eigenvalue weighted by atomic mass is 32.2. The molecule has 132 valence electrons. The summed E-state index contributed by atoms with van der Waals surface area (Å²) in [6.07, 6.45) is 2.13. The van der Waals surface area contributed by atoms with E-state index in [1.54, 1.807) is 11.3 Å². The minimum atomic E-state index is 0.351. The highest BCUT2D eigenvalue weighted by Gasteiger charge is 2.17. The van der Waals surface area contributed by atoms with E-state index in [0.29, 0.717) is 6.04 Å². The maximum atomic E-state index is 4.86. The van der Waals surface area contributed by atoms with Crippen LogP contribution in [0.3, 0.4) is 0 Å². The van der Waals surface area contributed by atoms with Crippen LogP contribution in [-0.2, 0) is 6.54 Å². The monoisotopic (exact) mass is 372 g/mol. The molecule has 0 aliphatic carbocycles. The van der Waals surface area contributed by atoms with E-state index in [1.807, 2.05) is 31.9 Å². The summed E-state index contributed by atoms with van der Waals surface area (Å²) < 4.78 is 0. The van der Waals surface area contributed by atoms with Crippen molar-refractivity contribution < 1.29 is 0 Å². The predicted octanol–water partition coefficient (Wildman–Crippen LogP) is 4.58. The van der Waals surface area contributed by atoms with Crippen LogP contribution in [0.1, 0.15) is 12.7 Å². The van der Waals surface area contributed by atoms with E-state index >= 15 is 0 Å². The zero-order valence-corrected chi connectivity index (χ0v) is 16.7. The molecule has 1 aromatic carbocycles. The maximum Gasteiger partial charge on any atom is 0.146 e. The van der Waals surface area contributed by atoms with E-state index in [2.05, 4.69) is 53.0 Å². The molecule has 6 heteroatoms. The van der Waals surface area contributed by atoms with Gasteiger partial charge in [0.25, 0.3) is 0 Å². The fourth-order valence-electron chi connectivity index (χ4n) is 2.80. The van der Waals surface area contributed by atoms with Crippen molar-refractivity contribution in [3.63, 3.8) is 0 Å². The zero-order valence-electron chi connectivity index (χ0n) is 15.1. The van der Waals surface area contributed by atoms with Crippen LogP contribution in [0.5, 0.6) is 0 Å². The van der Waals surface area contributed by atoms with Gasteiger partial charge in [-0.2, -0.15) is 11.8 Å². The Hall–Kier alpha value is -1.63. The van der Waals surface area contributed by atoms with E-state index in [1.165, 1.54) is 11.1 Å². The Morgan fingerprint density at radius 2 is 1.96 bits per heavy atom. The Kier molecular flexibility index (Phi) is 5.93. The molecule has 0 amide bonds. The first-order valence-electron chi connectivity index (χ1n) is 8.32. The number of nitrogens with zero attached hydrogens (tertiary/aromatic N) is 3. The van der Waals surface area contributed by atoms with E-state index in [0.717, 1.165) is 34.2 Å². The van der Waals surface area contributed by atoms with Crippen molar-refractivity contribution in [3.05, 3.63) is 41.5 Å². The van der Waals surface area contributed by atoms with Crippen LogP contribution >= 0.6 is 23.1 Å². The van der Waals surface area contributed by atoms with Crippen molar-refractivity contribution >= 4 is 39.1 Å². The SMILES string of the molecule is CSCC(C)Nc1nc(CN(C)C)nc2scc(-c3ccccc3)c12. The number of rotatable bonds is 7. The summed E-state index contributed by atoms with van der Waals surface area (Å²) in [7, 11) is 4.08. The number of benzene rings is 1. The van der Waals surface area contributed by atoms with Crippen molar-refractivity contribution in [3.8, 4) is 11.1 Å². The second-order valence-corrected chi connectivity index (χ2v) is 8.19. The van der Waals surface area contributed by atoms with Crippen molar-refractivity contribution in [2.75, 3.05) is 31.4 Å². The molecule has 0 fully saturated rings. The number of fused-ring (bicyclic) bond motifs is 1. The van der Waals surface area contributed by atoms with Crippen LogP contribution in [0.25, 0.3) is 21.3 Å². The molecule has 0 radical (unpaired) electrons. The molecular formula is C19H24N4S2. The van der Waals surface area contributed by atoms with E-state index in [4.69, 9.17) is 9.97 Å². The Morgan fingerprint density at radius 1 is 1.20 bits per heavy atom. The molecule has 2 heterocycles. The lowest BCUT2D eigenvalue weighted by Gasteiger charge is -2.16. The van der Waals surface area contributed by atoms with Crippen molar-refractivity contribution in [2.24, 2.45) is 0 Å². The second-order valence-electron chi connectivity index (χ2n) is 6.42. The van der Waals surface area contributed by atoms with E-state index < -0.39 is 0 Å². The van der Waals surface area contributed by atoms with Gasteiger partial charge in [0.1, 0.15) is 16.5 Å². The Labute approximate surface area is 157 Å². The van der Waals surface area contributed by atoms with Gasteiger partial charge in [-0.15, -0.1) is 11.3 Å². The first-order valence-corrected chi connectivity index (χ1v) is 10.6. The normalized spacial score (nSPS) is 12.7. The quantitative estimate of drug-likeness (QED) is 0.657. The molecule has 1 unspecified atom stereocenters. The molecule has 1 N–H and O–H groups in total. The summed E-state index contributed by atoms with van der Waals surface area (Å²) in [6, 6.07) is 10.8. The molecule has 3 rings (SSSR count). The smallest absolute Gasteiger partial charge is 0.146 e. The third-order valence-electron chi connectivity index (χ3n) is 3.82. The predicted molar refractivity (Wildman–Crippen MR) is 112 cm³/mol. The van der Waals surface area contributed by atoms with Gasteiger partial charge in [-0.3, -0.25) is 0 Å². The fraction of sp³-hybridized carbons (Fsp3) is 0.368. The molecule has 3 aromatic rings. The van der Waals surface area contributed by atoms with Gasteiger partial charge in [-0.05, 0) is 32.8 Å². The molecule has 1 atom stereocenters. The first-order chi connectivity index (χ1) is 12.1. The van der Waals surface area contributed by atoms with Gasteiger partial charge < -0.3 is 10.2 Å². The van der Waals surface area contributed by atoms with Crippen molar-refractivity contribution in [2.45, 2.75) is 19.5 Å². The summed E-state index contributed by atoms with van der Waals surface area (Å²) in [5.74, 6) is 2.85. The van der Waals surface area contributed by atoms with Gasteiger partial charge >= 0.3 is 0 Å². The van der Waals surface area contributed by atoms with Crippen LogP contribution in [-0.4, -0.2) is 47.0 Å². The highest BCUT2D eigenvalue weighted by molar-refractivity contribution is 7.98. The fourth-order valence-corrected chi connectivity index (χ4v) is 4.35. The molecule has 25 heavy (non-hydrogen) atoms. The van der Waals surface area contributed by atoms with E-state index in [-0.39, 0.29) is 0 Å². The number of nitrogens with one attached hydrogen (secondary N) is 1. The maximum absolute atomic E-state index is 4.86. The summed E-state index contributed by atoms with van der Waals surface area (Å²) in [4.78, 5) is 12.8. The highest BCUT2D eigenvalue weighted by Crippen LogP contribution is 2.37. The van der Waals surface area contributed by atoms with Gasteiger partial charge in [-0.1, -0.05) is 30.3 Å². The van der Waals surface area contributed by atoms with Crippen LogP contribution in [0, 0.1) is 0 Å². The Bertz CT molecular complexity index is 830. The van der Waals surface area contributed by atoms with Gasteiger partial charge in [0.2, 0.25) is 0 Å². The molecule has 0 saturated carbocycles. The number of anilines is 1. The van der Waals surface area contributed by atoms with Crippen LogP contribution in [0.4, 0.5) is 5.82 Å². The van der Waals surface area contributed by atoms with Gasteiger partial charge in [0, 0.05) is 22.7 Å². The van der Waals surface area contributed by atoms with Crippen LogP contribution in [0.15, 0.2) is 35.7 Å². The topological polar surface area (TPSA) is 41.1 Å². The third kappa shape index (κ3) is 4.32. The molecular weight excluding hydrogens is 348 g/mol. The minimum absolute atomic E-state index is 0.351.